The molecule has 0 N–H and O–H groups in total. The van der Waals surface area contributed by atoms with Gasteiger partial charge in [0, 0.05) is 28.2 Å². The third kappa shape index (κ3) is 3.94. The van der Waals surface area contributed by atoms with E-state index in [1.807, 2.05) is 24.4 Å². The van der Waals surface area contributed by atoms with Gasteiger partial charge in [0.1, 0.15) is 0 Å². The first-order chi connectivity index (χ1) is 12.7. The van der Waals surface area contributed by atoms with Crippen LogP contribution in [0.3, 0.4) is 0 Å². The van der Waals surface area contributed by atoms with Gasteiger partial charge in [0.15, 0.2) is 0 Å². The van der Waals surface area contributed by atoms with Gasteiger partial charge >= 0.3 is 0 Å². The molecule has 1 aliphatic carbocycles. The SMILES string of the molecule is CC1C=C(I)c2cc(N3CCOCC(OCc4ccccc4)C3)cnc21. The summed E-state index contributed by atoms with van der Waals surface area (Å²) < 4.78 is 13.2. The molecule has 5 heteroatoms. The predicted molar refractivity (Wildman–Crippen MR) is 113 cm³/mol. The largest absolute Gasteiger partial charge is 0.377 e. The summed E-state index contributed by atoms with van der Waals surface area (Å²) in [5, 5.41) is 0. The molecule has 26 heavy (non-hydrogen) atoms. The summed E-state index contributed by atoms with van der Waals surface area (Å²) in [6, 6.07) is 12.6. The Morgan fingerprint density at radius 1 is 1.31 bits per heavy atom. The Labute approximate surface area is 168 Å². The second-order valence-electron chi connectivity index (χ2n) is 6.87. The average molecular weight is 462 g/mol. The molecule has 1 aromatic heterocycles. The lowest BCUT2D eigenvalue weighted by atomic mass is 10.1. The van der Waals surface area contributed by atoms with E-state index in [1.54, 1.807) is 0 Å². The third-order valence-corrected chi connectivity index (χ3v) is 5.86. The number of pyridine rings is 1. The van der Waals surface area contributed by atoms with Gasteiger partial charge in [-0.1, -0.05) is 43.3 Å². The van der Waals surface area contributed by atoms with Gasteiger partial charge < -0.3 is 14.4 Å². The van der Waals surface area contributed by atoms with Crippen LogP contribution in [0, 0.1) is 0 Å². The highest BCUT2D eigenvalue weighted by Gasteiger charge is 2.24. The fraction of sp³-hybridized carbons (Fsp3) is 0.381. The van der Waals surface area contributed by atoms with Gasteiger partial charge in [-0.2, -0.15) is 0 Å². The number of aromatic nitrogens is 1. The predicted octanol–water partition coefficient (Wildman–Crippen LogP) is 4.40. The Balaban J connectivity index is 1.46. The molecule has 0 amide bonds. The minimum absolute atomic E-state index is 0.0551. The van der Waals surface area contributed by atoms with Crippen molar-refractivity contribution in [1.82, 2.24) is 4.98 Å². The van der Waals surface area contributed by atoms with E-state index < -0.39 is 0 Å². The number of benzene rings is 1. The first-order valence-corrected chi connectivity index (χ1v) is 10.1. The number of nitrogens with zero attached hydrogens (tertiary/aromatic N) is 2. The van der Waals surface area contributed by atoms with E-state index in [9.17, 15) is 0 Å². The van der Waals surface area contributed by atoms with Crippen molar-refractivity contribution in [3.05, 3.63) is 65.5 Å². The Morgan fingerprint density at radius 2 is 2.15 bits per heavy atom. The van der Waals surface area contributed by atoms with Crippen LogP contribution < -0.4 is 4.90 Å². The second kappa shape index (κ2) is 8.06. The highest BCUT2D eigenvalue weighted by atomic mass is 127. The first kappa shape index (κ1) is 17.9. The molecule has 1 fully saturated rings. The molecule has 1 aromatic carbocycles. The van der Waals surface area contributed by atoms with Crippen LogP contribution in [0.1, 0.15) is 29.7 Å². The van der Waals surface area contributed by atoms with Gasteiger partial charge in [-0.15, -0.1) is 0 Å². The van der Waals surface area contributed by atoms with Crippen molar-refractivity contribution >= 4 is 31.9 Å². The highest BCUT2D eigenvalue weighted by Crippen LogP contribution is 2.39. The molecular formula is C21H23IN2O2. The molecule has 0 bridgehead atoms. The summed E-state index contributed by atoms with van der Waals surface area (Å²) in [6.07, 6.45) is 4.33. The zero-order chi connectivity index (χ0) is 17.9. The smallest absolute Gasteiger partial charge is 0.0987 e. The Hall–Kier alpha value is -1.44. The lowest BCUT2D eigenvalue weighted by Gasteiger charge is -2.26. The van der Waals surface area contributed by atoms with Gasteiger partial charge in [-0.3, -0.25) is 4.98 Å². The minimum atomic E-state index is 0.0551. The summed E-state index contributed by atoms with van der Waals surface area (Å²) in [6.45, 7) is 5.85. The number of hydrogen-bond donors (Lipinski definition) is 0. The molecule has 0 spiro atoms. The summed E-state index contributed by atoms with van der Waals surface area (Å²) >= 11 is 2.41. The maximum Gasteiger partial charge on any atom is 0.0987 e. The van der Waals surface area contributed by atoms with Crippen LogP contribution >= 0.6 is 22.6 Å². The van der Waals surface area contributed by atoms with Crippen molar-refractivity contribution in [3.8, 4) is 0 Å². The van der Waals surface area contributed by atoms with Crippen molar-refractivity contribution < 1.29 is 9.47 Å². The Morgan fingerprint density at radius 3 is 3.00 bits per heavy atom. The van der Waals surface area contributed by atoms with Crippen molar-refractivity contribution in [2.75, 3.05) is 31.2 Å². The molecule has 4 rings (SSSR count). The first-order valence-electron chi connectivity index (χ1n) is 9.06. The Bertz CT molecular complexity index is 794. The number of allylic oxidation sites excluding steroid dienone is 1. The highest BCUT2D eigenvalue weighted by molar-refractivity contribution is 14.1. The van der Waals surface area contributed by atoms with Crippen LogP contribution in [-0.2, 0) is 16.1 Å². The fourth-order valence-corrected chi connectivity index (χ4v) is 4.45. The van der Waals surface area contributed by atoms with Crippen LogP contribution in [0.2, 0.25) is 0 Å². The van der Waals surface area contributed by atoms with Gasteiger partial charge in [0.05, 0.1) is 43.5 Å². The van der Waals surface area contributed by atoms with Gasteiger partial charge in [0.25, 0.3) is 0 Å². The molecule has 2 aliphatic rings. The standard InChI is InChI=1S/C21H23IN2O2/c1-15-9-20(22)19-10-17(11-23-21(15)19)24-7-8-25-14-18(12-24)26-13-16-5-3-2-4-6-16/h2-6,9-11,15,18H,7-8,12-14H2,1H3. The van der Waals surface area contributed by atoms with Crippen molar-refractivity contribution in [2.45, 2.75) is 25.6 Å². The molecule has 2 aromatic rings. The summed E-state index contributed by atoms with van der Waals surface area (Å²) in [5.74, 6) is 0.403. The number of fused-ring (bicyclic) bond motifs is 1. The monoisotopic (exact) mass is 462 g/mol. The maximum absolute atomic E-state index is 6.13. The van der Waals surface area contributed by atoms with Crippen LogP contribution in [-0.4, -0.2) is 37.4 Å². The molecule has 1 saturated heterocycles. The molecule has 136 valence electrons. The van der Waals surface area contributed by atoms with E-state index in [4.69, 9.17) is 14.5 Å². The van der Waals surface area contributed by atoms with Crippen molar-refractivity contribution in [3.63, 3.8) is 0 Å². The van der Waals surface area contributed by atoms with Gasteiger partial charge in [0.2, 0.25) is 0 Å². The summed E-state index contributed by atoms with van der Waals surface area (Å²) in [5.41, 5.74) is 4.79. The van der Waals surface area contributed by atoms with Crippen molar-refractivity contribution in [2.24, 2.45) is 0 Å². The number of hydrogen-bond acceptors (Lipinski definition) is 4. The quantitative estimate of drug-likeness (QED) is 0.632. The minimum Gasteiger partial charge on any atom is -0.377 e. The number of rotatable bonds is 4. The molecular weight excluding hydrogens is 439 g/mol. The van der Waals surface area contributed by atoms with Gasteiger partial charge in [-0.25, -0.2) is 0 Å². The molecule has 4 nitrogen and oxygen atoms in total. The van der Waals surface area contributed by atoms with E-state index in [1.165, 1.54) is 20.4 Å². The van der Waals surface area contributed by atoms with Crippen LogP contribution in [0.5, 0.6) is 0 Å². The average Bonchev–Trinajstić information content (AvgIpc) is 2.84. The number of halogens is 1. The molecule has 0 saturated carbocycles. The summed E-state index contributed by atoms with van der Waals surface area (Å²) in [7, 11) is 0. The zero-order valence-electron chi connectivity index (χ0n) is 14.9. The van der Waals surface area contributed by atoms with Crippen LogP contribution in [0.25, 0.3) is 3.58 Å². The topological polar surface area (TPSA) is 34.6 Å². The van der Waals surface area contributed by atoms with Crippen LogP contribution in [0.4, 0.5) is 5.69 Å². The Kier molecular flexibility index (Phi) is 5.57. The van der Waals surface area contributed by atoms with Crippen LogP contribution in [0.15, 0.2) is 48.7 Å². The van der Waals surface area contributed by atoms with E-state index in [0.29, 0.717) is 25.7 Å². The van der Waals surface area contributed by atoms with E-state index >= 15 is 0 Å². The molecule has 2 heterocycles. The van der Waals surface area contributed by atoms with E-state index in [2.05, 4.69) is 58.7 Å². The molecule has 0 radical (unpaired) electrons. The lowest BCUT2D eigenvalue weighted by molar-refractivity contribution is -0.00795. The molecule has 1 aliphatic heterocycles. The summed E-state index contributed by atoms with van der Waals surface area (Å²) in [4.78, 5) is 7.07. The fourth-order valence-electron chi connectivity index (χ4n) is 3.48. The normalized spacial score (nSPS) is 22.7. The second-order valence-corrected chi connectivity index (χ2v) is 8.03. The van der Waals surface area contributed by atoms with Gasteiger partial charge in [-0.05, 0) is 34.2 Å². The molecule has 2 atom stereocenters. The van der Waals surface area contributed by atoms with E-state index in [-0.39, 0.29) is 6.10 Å². The zero-order valence-corrected chi connectivity index (χ0v) is 17.1. The van der Waals surface area contributed by atoms with E-state index in [0.717, 1.165) is 18.8 Å². The number of ether oxygens (including phenoxy) is 2. The third-order valence-electron chi connectivity index (χ3n) is 4.92. The lowest BCUT2D eigenvalue weighted by Crippen LogP contribution is -2.34. The maximum atomic E-state index is 6.13. The molecule has 2 unspecified atom stereocenters. The van der Waals surface area contributed by atoms with Crippen molar-refractivity contribution in [1.29, 1.82) is 0 Å². The number of anilines is 1.